The van der Waals surface area contributed by atoms with Crippen LogP contribution in [-0.2, 0) is 0 Å². The first-order chi connectivity index (χ1) is 9.90. The van der Waals surface area contributed by atoms with Crippen LogP contribution >= 0.6 is 0 Å². The number of aromatic nitrogens is 1. The van der Waals surface area contributed by atoms with Gasteiger partial charge in [-0.25, -0.2) is 0 Å². The fourth-order valence-corrected chi connectivity index (χ4v) is 1.78. The third kappa shape index (κ3) is 2.86. The maximum Gasteiger partial charge on any atom is 0.0900 e. The van der Waals surface area contributed by atoms with Gasteiger partial charge in [0.2, 0.25) is 0 Å². The highest BCUT2D eigenvalue weighted by Gasteiger charge is 2.10. The predicted octanol–water partition coefficient (Wildman–Crippen LogP) is -2.16. The minimum absolute atomic E-state index is 0.0349. The van der Waals surface area contributed by atoms with E-state index in [0.717, 1.165) is 18.3 Å². The smallest absolute Gasteiger partial charge is 0.0900 e. The second-order valence-electron chi connectivity index (χ2n) is 4.06. The van der Waals surface area contributed by atoms with Crippen molar-refractivity contribution in [3.8, 4) is 11.1 Å². The van der Waals surface area contributed by atoms with Gasteiger partial charge in [-0.2, -0.15) is 0 Å². The standard InChI is InChI=1S/C14H9NO6/c16-12(17)8-3-1-2-7(4-8)9-5-11(14(20)21)15-6-10(9)13(18)19/h1-6H,(H,16,17)(H,18,19)(H,20,21)/p-3. The number of benzene rings is 1. The van der Waals surface area contributed by atoms with E-state index in [2.05, 4.69) is 4.98 Å². The minimum atomic E-state index is -1.59. The molecule has 1 aromatic heterocycles. The molecule has 0 radical (unpaired) electrons. The van der Waals surface area contributed by atoms with E-state index < -0.39 is 23.6 Å². The van der Waals surface area contributed by atoms with E-state index in [1.54, 1.807) is 0 Å². The number of hydrogen-bond acceptors (Lipinski definition) is 7. The normalized spacial score (nSPS) is 10.1. The molecule has 0 unspecified atom stereocenters. The number of nitrogens with zero attached hydrogens (tertiary/aromatic N) is 1. The fourth-order valence-electron chi connectivity index (χ4n) is 1.78. The molecule has 0 aliphatic carbocycles. The number of carbonyl (C=O) groups excluding carboxylic acids is 3. The molecule has 0 saturated heterocycles. The van der Waals surface area contributed by atoms with E-state index >= 15 is 0 Å². The quantitative estimate of drug-likeness (QED) is 0.624. The van der Waals surface area contributed by atoms with Crippen LogP contribution < -0.4 is 15.3 Å². The van der Waals surface area contributed by atoms with Crippen LogP contribution in [0.5, 0.6) is 0 Å². The monoisotopic (exact) mass is 284 g/mol. The minimum Gasteiger partial charge on any atom is -0.545 e. The third-order valence-corrected chi connectivity index (χ3v) is 2.74. The van der Waals surface area contributed by atoms with Crippen molar-refractivity contribution in [2.75, 3.05) is 0 Å². The summed E-state index contributed by atoms with van der Waals surface area (Å²) in [6, 6.07) is 6.20. The first-order valence-electron chi connectivity index (χ1n) is 5.64. The van der Waals surface area contributed by atoms with Gasteiger partial charge in [0.05, 0.1) is 23.6 Å². The number of carboxylic acids is 3. The molecule has 7 nitrogen and oxygen atoms in total. The molecule has 2 aromatic rings. The molecule has 106 valence electrons. The Bertz CT molecular complexity index is 753. The van der Waals surface area contributed by atoms with Crippen LogP contribution in [0.25, 0.3) is 11.1 Å². The van der Waals surface area contributed by atoms with Crippen molar-refractivity contribution in [2.45, 2.75) is 0 Å². The molecule has 0 fully saturated rings. The Hall–Kier alpha value is -3.22. The summed E-state index contributed by atoms with van der Waals surface area (Å²) in [5, 5.41) is 32.7. The Morgan fingerprint density at radius 1 is 0.905 bits per heavy atom. The van der Waals surface area contributed by atoms with Gasteiger partial charge >= 0.3 is 0 Å². The molecular weight excluding hydrogens is 278 g/mol. The van der Waals surface area contributed by atoms with Gasteiger partial charge in [-0.15, -0.1) is 0 Å². The number of aromatic carboxylic acids is 3. The summed E-state index contributed by atoms with van der Waals surface area (Å²) in [4.78, 5) is 36.1. The van der Waals surface area contributed by atoms with E-state index in [9.17, 15) is 29.7 Å². The molecule has 0 aliphatic rings. The van der Waals surface area contributed by atoms with Gasteiger partial charge in [0.15, 0.2) is 0 Å². The molecule has 1 heterocycles. The first kappa shape index (κ1) is 14.2. The lowest BCUT2D eigenvalue weighted by atomic mass is 9.99. The molecule has 0 atom stereocenters. The second kappa shape index (κ2) is 5.41. The Morgan fingerprint density at radius 3 is 2.19 bits per heavy atom. The van der Waals surface area contributed by atoms with E-state index in [1.165, 1.54) is 18.2 Å². The number of hydrogen-bond donors (Lipinski definition) is 0. The molecule has 0 bridgehead atoms. The highest BCUT2D eigenvalue weighted by molar-refractivity contribution is 5.97. The molecule has 1 aromatic carbocycles. The molecule has 21 heavy (non-hydrogen) atoms. The third-order valence-electron chi connectivity index (χ3n) is 2.74. The lowest BCUT2D eigenvalue weighted by molar-refractivity contribution is -0.256. The number of carbonyl (C=O) groups is 3. The van der Waals surface area contributed by atoms with E-state index in [1.807, 2.05) is 0 Å². The maximum atomic E-state index is 11.1. The summed E-state index contributed by atoms with van der Waals surface area (Å²) in [7, 11) is 0. The van der Waals surface area contributed by atoms with Gasteiger partial charge in [0.1, 0.15) is 0 Å². The Kier molecular flexibility index (Phi) is 3.66. The molecule has 7 heteroatoms. The molecule has 0 spiro atoms. The van der Waals surface area contributed by atoms with Gasteiger partial charge in [-0.05, 0) is 28.8 Å². The summed E-state index contributed by atoms with van der Waals surface area (Å²) >= 11 is 0. The SMILES string of the molecule is O=C([O-])c1cccc(-c2cc(C(=O)[O-])ncc2C(=O)[O-])c1. The van der Waals surface area contributed by atoms with Crippen molar-refractivity contribution in [3.63, 3.8) is 0 Å². The van der Waals surface area contributed by atoms with Crippen LogP contribution in [0.15, 0.2) is 36.5 Å². The van der Waals surface area contributed by atoms with Gasteiger partial charge in [-0.3, -0.25) is 4.98 Å². The predicted molar refractivity (Wildman–Crippen MR) is 62.7 cm³/mol. The van der Waals surface area contributed by atoms with Gasteiger partial charge in [0.25, 0.3) is 0 Å². The lowest BCUT2D eigenvalue weighted by Gasteiger charge is -2.13. The number of rotatable bonds is 4. The summed E-state index contributed by atoms with van der Waals surface area (Å²) in [6.07, 6.45) is 0.821. The maximum absolute atomic E-state index is 11.1. The van der Waals surface area contributed by atoms with Crippen LogP contribution in [0, 0.1) is 0 Å². The van der Waals surface area contributed by atoms with E-state index in [4.69, 9.17) is 0 Å². The number of pyridine rings is 1. The highest BCUT2D eigenvalue weighted by Crippen LogP contribution is 2.24. The van der Waals surface area contributed by atoms with Crippen molar-refractivity contribution in [3.05, 3.63) is 53.3 Å². The summed E-state index contributed by atoms with van der Waals surface area (Å²) < 4.78 is 0. The average Bonchev–Trinajstić information content (AvgIpc) is 2.46. The lowest BCUT2D eigenvalue weighted by Crippen LogP contribution is -2.26. The Balaban J connectivity index is 2.68. The van der Waals surface area contributed by atoms with Crippen molar-refractivity contribution in [2.24, 2.45) is 0 Å². The second-order valence-corrected chi connectivity index (χ2v) is 4.06. The molecule has 0 amide bonds. The Morgan fingerprint density at radius 2 is 1.62 bits per heavy atom. The summed E-state index contributed by atoms with van der Waals surface area (Å²) in [5.74, 6) is -4.60. The summed E-state index contributed by atoms with van der Waals surface area (Å²) in [6.45, 7) is 0. The molecule has 0 saturated carbocycles. The van der Waals surface area contributed by atoms with Crippen molar-refractivity contribution in [1.82, 2.24) is 4.98 Å². The highest BCUT2D eigenvalue weighted by atomic mass is 16.4. The van der Waals surface area contributed by atoms with Crippen molar-refractivity contribution < 1.29 is 29.7 Å². The van der Waals surface area contributed by atoms with Crippen LogP contribution in [0.4, 0.5) is 0 Å². The largest absolute Gasteiger partial charge is 0.545 e. The van der Waals surface area contributed by atoms with Crippen LogP contribution in [-0.4, -0.2) is 22.9 Å². The van der Waals surface area contributed by atoms with Gasteiger partial charge in [-0.1, -0.05) is 18.2 Å². The zero-order valence-corrected chi connectivity index (χ0v) is 10.4. The topological polar surface area (TPSA) is 133 Å². The average molecular weight is 284 g/mol. The molecule has 0 aliphatic heterocycles. The van der Waals surface area contributed by atoms with Crippen LogP contribution in [0.1, 0.15) is 31.2 Å². The van der Waals surface area contributed by atoms with E-state index in [-0.39, 0.29) is 22.3 Å². The Labute approximate surface area is 118 Å². The van der Waals surface area contributed by atoms with Crippen LogP contribution in [0.3, 0.4) is 0 Å². The zero-order valence-electron chi connectivity index (χ0n) is 10.4. The fraction of sp³-hybridized carbons (Fsp3) is 0. The number of carboxylic acid groups (broad SMARTS) is 3. The van der Waals surface area contributed by atoms with Crippen molar-refractivity contribution in [1.29, 1.82) is 0 Å². The molecular formula is C14H6NO6-3. The molecule has 2 rings (SSSR count). The zero-order chi connectivity index (χ0) is 15.6. The summed E-state index contributed by atoms with van der Waals surface area (Å²) in [5.41, 5.74) is -0.874. The van der Waals surface area contributed by atoms with Crippen LogP contribution in [0.2, 0.25) is 0 Å². The van der Waals surface area contributed by atoms with Gasteiger partial charge in [0, 0.05) is 11.8 Å². The van der Waals surface area contributed by atoms with Gasteiger partial charge < -0.3 is 29.7 Å². The van der Waals surface area contributed by atoms with E-state index in [0.29, 0.717) is 0 Å². The van der Waals surface area contributed by atoms with Crippen molar-refractivity contribution >= 4 is 17.9 Å². The first-order valence-corrected chi connectivity index (χ1v) is 5.64. The molecule has 0 N–H and O–H groups in total.